The predicted molar refractivity (Wildman–Crippen MR) is 80.5 cm³/mol. The minimum Gasteiger partial charge on any atom is -0.327 e. The molecule has 0 bridgehead atoms. The number of nitrogens with zero attached hydrogens (tertiary/aromatic N) is 1. The second-order valence-electron chi connectivity index (χ2n) is 5.09. The molecule has 20 heavy (non-hydrogen) atoms. The normalized spacial score (nSPS) is 12.1. The SMILES string of the molecule is CC(N)CC(=O)Nc1ccc(NC(=O)CN(C)C)cc1. The molecule has 4 N–H and O–H groups in total. The van der Waals surface area contributed by atoms with Crippen molar-refractivity contribution in [3.63, 3.8) is 0 Å². The number of likely N-dealkylation sites (N-methyl/N-ethyl adjacent to an activating group) is 1. The molecule has 0 aromatic heterocycles. The minimum absolute atomic E-state index is 0.0799. The third kappa shape index (κ3) is 6.31. The van der Waals surface area contributed by atoms with Gasteiger partial charge in [-0.15, -0.1) is 0 Å². The lowest BCUT2D eigenvalue weighted by molar-refractivity contribution is -0.117. The molecular weight excluding hydrogens is 256 g/mol. The average Bonchev–Trinajstić information content (AvgIpc) is 2.29. The molecule has 1 atom stereocenters. The lowest BCUT2D eigenvalue weighted by Crippen LogP contribution is -2.27. The van der Waals surface area contributed by atoms with Crippen LogP contribution in [0.3, 0.4) is 0 Å². The van der Waals surface area contributed by atoms with Crippen molar-refractivity contribution in [3.8, 4) is 0 Å². The second kappa shape index (κ2) is 7.62. The van der Waals surface area contributed by atoms with Gasteiger partial charge in [0.15, 0.2) is 0 Å². The molecule has 1 rings (SSSR count). The quantitative estimate of drug-likeness (QED) is 0.720. The maximum atomic E-state index is 11.6. The fourth-order valence-electron chi connectivity index (χ4n) is 1.63. The Balaban J connectivity index is 2.52. The third-order valence-corrected chi connectivity index (χ3v) is 2.42. The number of rotatable bonds is 6. The number of nitrogens with two attached hydrogens (primary N) is 1. The predicted octanol–water partition coefficient (Wildman–Crippen LogP) is 0.862. The zero-order valence-corrected chi connectivity index (χ0v) is 12.1. The molecule has 0 fully saturated rings. The van der Waals surface area contributed by atoms with E-state index in [1.54, 1.807) is 36.1 Å². The van der Waals surface area contributed by atoms with Crippen molar-refractivity contribution >= 4 is 23.2 Å². The van der Waals surface area contributed by atoms with Gasteiger partial charge in [-0.05, 0) is 45.3 Å². The van der Waals surface area contributed by atoms with Gasteiger partial charge < -0.3 is 21.3 Å². The van der Waals surface area contributed by atoms with Crippen molar-refractivity contribution in [2.75, 3.05) is 31.3 Å². The van der Waals surface area contributed by atoms with Crippen molar-refractivity contribution in [3.05, 3.63) is 24.3 Å². The molecule has 0 aliphatic carbocycles. The van der Waals surface area contributed by atoms with Crippen molar-refractivity contribution in [1.82, 2.24) is 4.90 Å². The van der Waals surface area contributed by atoms with Gasteiger partial charge in [0.25, 0.3) is 0 Å². The molecule has 110 valence electrons. The zero-order chi connectivity index (χ0) is 15.1. The van der Waals surface area contributed by atoms with E-state index >= 15 is 0 Å². The van der Waals surface area contributed by atoms with E-state index in [2.05, 4.69) is 10.6 Å². The first-order chi connectivity index (χ1) is 9.36. The van der Waals surface area contributed by atoms with E-state index < -0.39 is 0 Å². The van der Waals surface area contributed by atoms with Crippen LogP contribution in [0.15, 0.2) is 24.3 Å². The maximum absolute atomic E-state index is 11.6. The van der Waals surface area contributed by atoms with E-state index in [4.69, 9.17) is 5.73 Å². The first-order valence-electron chi connectivity index (χ1n) is 6.47. The van der Waals surface area contributed by atoms with Crippen molar-refractivity contribution in [2.24, 2.45) is 5.73 Å². The zero-order valence-electron chi connectivity index (χ0n) is 12.1. The Morgan fingerprint density at radius 2 is 1.55 bits per heavy atom. The van der Waals surface area contributed by atoms with Crippen LogP contribution in [0, 0.1) is 0 Å². The highest BCUT2D eigenvalue weighted by atomic mass is 16.2. The van der Waals surface area contributed by atoms with Gasteiger partial charge in [-0.25, -0.2) is 0 Å². The highest BCUT2D eigenvalue weighted by molar-refractivity contribution is 5.93. The average molecular weight is 278 g/mol. The Labute approximate surface area is 119 Å². The van der Waals surface area contributed by atoms with E-state index in [9.17, 15) is 9.59 Å². The van der Waals surface area contributed by atoms with Crippen molar-refractivity contribution in [1.29, 1.82) is 0 Å². The van der Waals surface area contributed by atoms with Gasteiger partial charge in [-0.2, -0.15) is 0 Å². The number of carbonyl (C=O) groups excluding carboxylic acids is 2. The third-order valence-electron chi connectivity index (χ3n) is 2.42. The van der Waals surface area contributed by atoms with Crippen LogP contribution in [0.25, 0.3) is 0 Å². The number of hydrogen-bond acceptors (Lipinski definition) is 4. The molecule has 1 unspecified atom stereocenters. The summed E-state index contributed by atoms with van der Waals surface area (Å²) in [7, 11) is 3.66. The number of benzene rings is 1. The molecule has 0 aliphatic heterocycles. The van der Waals surface area contributed by atoms with Gasteiger partial charge in [-0.1, -0.05) is 0 Å². The van der Waals surface area contributed by atoms with E-state index in [0.717, 1.165) is 0 Å². The Kier molecular flexibility index (Phi) is 6.14. The van der Waals surface area contributed by atoms with Crippen molar-refractivity contribution in [2.45, 2.75) is 19.4 Å². The molecule has 0 spiro atoms. The molecule has 0 aliphatic rings. The summed E-state index contributed by atoms with van der Waals surface area (Å²) in [6, 6.07) is 6.80. The Morgan fingerprint density at radius 1 is 1.10 bits per heavy atom. The molecule has 6 nitrogen and oxygen atoms in total. The van der Waals surface area contributed by atoms with E-state index in [1.807, 2.05) is 14.1 Å². The van der Waals surface area contributed by atoms with Crippen LogP contribution in [-0.2, 0) is 9.59 Å². The first-order valence-corrected chi connectivity index (χ1v) is 6.47. The summed E-state index contributed by atoms with van der Waals surface area (Å²) < 4.78 is 0. The van der Waals surface area contributed by atoms with Gasteiger partial charge in [-0.3, -0.25) is 9.59 Å². The minimum atomic E-state index is -0.167. The van der Waals surface area contributed by atoms with Gasteiger partial charge in [0.05, 0.1) is 6.54 Å². The summed E-state index contributed by atoms with van der Waals surface area (Å²) in [4.78, 5) is 24.9. The van der Waals surface area contributed by atoms with Crippen LogP contribution in [0.1, 0.15) is 13.3 Å². The Hall–Kier alpha value is -1.92. The number of nitrogens with one attached hydrogen (secondary N) is 2. The lowest BCUT2D eigenvalue weighted by atomic mass is 10.2. The van der Waals surface area contributed by atoms with E-state index in [-0.39, 0.29) is 24.3 Å². The van der Waals surface area contributed by atoms with Crippen LogP contribution in [-0.4, -0.2) is 43.4 Å². The van der Waals surface area contributed by atoms with Crippen LogP contribution >= 0.6 is 0 Å². The monoisotopic (exact) mass is 278 g/mol. The summed E-state index contributed by atoms with van der Waals surface area (Å²) in [5.74, 6) is -0.201. The first kappa shape index (κ1) is 16.1. The fraction of sp³-hybridized carbons (Fsp3) is 0.429. The molecule has 0 saturated heterocycles. The number of hydrogen-bond donors (Lipinski definition) is 3. The molecule has 2 amide bonds. The van der Waals surface area contributed by atoms with E-state index in [1.165, 1.54) is 0 Å². The second-order valence-corrected chi connectivity index (χ2v) is 5.09. The van der Waals surface area contributed by atoms with Gasteiger partial charge >= 0.3 is 0 Å². The molecule has 0 saturated carbocycles. The Morgan fingerprint density at radius 3 is 1.95 bits per heavy atom. The van der Waals surface area contributed by atoms with Crippen LogP contribution in [0.2, 0.25) is 0 Å². The molecule has 0 radical (unpaired) electrons. The van der Waals surface area contributed by atoms with Gasteiger partial charge in [0, 0.05) is 23.8 Å². The summed E-state index contributed by atoms with van der Waals surface area (Å²) >= 11 is 0. The topological polar surface area (TPSA) is 87.5 Å². The number of amides is 2. The van der Waals surface area contributed by atoms with Crippen LogP contribution < -0.4 is 16.4 Å². The lowest BCUT2D eigenvalue weighted by Gasteiger charge is -2.11. The molecule has 6 heteroatoms. The summed E-state index contributed by atoms with van der Waals surface area (Å²) in [6.45, 7) is 2.11. The van der Waals surface area contributed by atoms with Crippen LogP contribution in [0.4, 0.5) is 11.4 Å². The smallest absolute Gasteiger partial charge is 0.238 e. The largest absolute Gasteiger partial charge is 0.327 e. The highest BCUT2D eigenvalue weighted by Crippen LogP contribution is 2.13. The Bertz CT molecular complexity index is 412. The maximum Gasteiger partial charge on any atom is 0.238 e. The number of carbonyl (C=O) groups is 2. The highest BCUT2D eigenvalue weighted by Gasteiger charge is 2.06. The summed E-state index contributed by atoms with van der Waals surface area (Å²) in [5, 5.41) is 5.52. The summed E-state index contributed by atoms with van der Waals surface area (Å²) in [5.41, 5.74) is 6.93. The summed E-state index contributed by atoms with van der Waals surface area (Å²) in [6.07, 6.45) is 0.279. The van der Waals surface area contributed by atoms with Gasteiger partial charge in [0.2, 0.25) is 11.8 Å². The standard InChI is InChI=1S/C14H22N4O2/c1-10(15)8-13(19)16-11-4-6-12(7-5-11)17-14(20)9-18(2)3/h4-7,10H,8-9,15H2,1-3H3,(H,16,19)(H,17,20). The van der Waals surface area contributed by atoms with E-state index in [0.29, 0.717) is 17.9 Å². The molecule has 1 aromatic rings. The fourth-order valence-corrected chi connectivity index (χ4v) is 1.63. The number of anilines is 2. The van der Waals surface area contributed by atoms with Crippen LogP contribution in [0.5, 0.6) is 0 Å². The van der Waals surface area contributed by atoms with Gasteiger partial charge in [0.1, 0.15) is 0 Å². The molecule has 1 aromatic carbocycles. The van der Waals surface area contributed by atoms with Crippen molar-refractivity contribution < 1.29 is 9.59 Å². The molecular formula is C14H22N4O2. The molecule has 0 heterocycles.